The zero-order valence-electron chi connectivity index (χ0n) is 18.3. The molecule has 0 saturated carbocycles. The molecular formula is C26H25N5O. The highest BCUT2D eigenvalue weighted by atomic mass is 16.1. The van der Waals surface area contributed by atoms with E-state index in [4.69, 9.17) is 4.98 Å². The Hall–Kier alpha value is -3.25. The lowest BCUT2D eigenvalue weighted by Crippen LogP contribution is -2.34. The van der Waals surface area contributed by atoms with Crippen molar-refractivity contribution >= 4 is 28.8 Å². The van der Waals surface area contributed by atoms with Crippen LogP contribution in [0.4, 0.5) is 5.69 Å². The molecule has 2 aromatic heterocycles. The van der Waals surface area contributed by atoms with Gasteiger partial charge in [-0.05, 0) is 55.5 Å². The van der Waals surface area contributed by atoms with Crippen LogP contribution >= 0.6 is 0 Å². The average molecular weight is 424 g/mol. The van der Waals surface area contributed by atoms with Gasteiger partial charge in [0.1, 0.15) is 0 Å². The fourth-order valence-electron chi connectivity index (χ4n) is 5.92. The summed E-state index contributed by atoms with van der Waals surface area (Å²) in [6.45, 7) is 7.25. The summed E-state index contributed by atoms with van der Waals surface area (Å²) in [4.78, 5) is 25.2. The number of aryl methyl sites for hydroxylation is 2. The van der Waals surface area contributed by atoms with Gasteiger partial charge in [-0.2, -0.15) is 0 Å². The van der Waals surface area contributed by atoms with Crippen LogP contribution in [0.3, 0.4) is 0 Å². The number of ketones is 1. The summed E-state index contributed by atoms with van der Waals surface area (Å²) in [7, 11) is 0. The van der Waals surface area contributed by atoms with Gasteiger partial charge in [0.15, 0.2) is 11.4 Å². The normalized spacial score (nSPS) is 25.9. The number of allylic oxidation sites excluding steroid dienone is 3. The molecule has 1 unspecified atom stereocenters. The molecule has 0 bridgehead atoms. The molecule has 160 valence electrons. The van der Waals surface area contributed by atoms with E-state index in [1.165, 1.54) is 17.7 Å². The molecule has 0 amide bonds. The Kier molecular flexibility index (Phi) is 3.66. The lowest BCUT2D eigenvalue weighted by atomic mass is 9.99. The van der Waals surface area contributed by atoms with Crippen LogP contribution in [0, 0.1) is 19.8 Å². The molecule has 6 nitrogen and oxygen atoms in total. The zero-order chi connectivity index (χ0) is 21.6. The van der Waals surface area contributed by atoms with Crippen LogP contribution in [0.5, 0.6) is 0 Å². The smallest absolute Gasteiger partial charge is 0.191 e. The molecule has 3 atom stereocenters. The molecule has 32 heavy (non-hydrogen) atoms. The Labute approximate surface area is 186 Å². The standard InChI is InChI=1S/C26H25N5O/c1-14-12-30-13-23(29-26(30)15(2)28-14)22-7-16-3-4-18(8-19(16)20-9-21(20)25(22)32)31-6-5-17-10-27-11-24(17)31/h3-4,7-9,12-13,17,20,24,27H,5-6,10-11H2,1-2H3/t17-,20?,24+/m0/s1. The summed E-state index contributed by atoms with van der Waals surface area (Å²) in [6, 6.07) is 7.33. The highest BCUT2D eigenvalue weighted by Crippen LogP contribution is 2.48. The molecule has 1 aromatic carbocycles. The number of hydrogen-bond donors (Lipinski definition) is 1. The van der Waals surface area contributed by atoms with Crippen LogP contribution < -0.4 is 10.2 Å². The van der Waals surface area contributed by atoms with Crippen molar-refractivity contribution in [2.24, 2.45) is 5.92 Å². The minimum Gasteiger partial charge on any atom is -0.367 e. The maximum atomic E-state index is 13.4. The van der Waals surface area contributed by atoms with Gasteiger partial charge in [-0.15, -0.1) is 0 Å². The van der Waals surface area contributed by atoms with Crippen molar-refractivity contribution in [2.45, 2.75) is 32.2 Å². The Morgan fingerprint density at radius 2 is 2.03 bits per heavy atom. The van der Waals surface area contributed by atoms with E-state index in [2.05, 4.69) is 39.5 Å². The van der Waals surface area contributed by atoms with Gasteiger partial charge in [-0.25, -0.2) is 4.98 Å². The van der Waals surface area contributed by atoms with Crippen molar-refractivity contribution in [1.29, 1.82) is 0 Å². The third-order valence-corrected chi connectivity index (χ3v) is 7.56. The molecule has 0 spiro atoms. The number of carbonyl (C=O) groups is 1. The SMILES string of the molecule is Cc1cn2cc(C3=Cc4ccc(N5CC[C@H]6CNC[C@H]65)cc4C4C=C4C3=O)nc2c(C)n1. The van der Waals surface area contributed by atoms with E-state index in [-0.39, 0.29) is 11.7 Å². The first-order valence-electron chi connectivity index (χ1n) is 11.5. The summed E-state index contributed by atoms with van der Waals surface area (Å²) in [5.41, 5.74) is 8.55. The topological polar surface area (TPSA) is 62.5 Å². The van der Waals surface area contributed by atoms with Crippen molar-refractivity contribution in [3.63, 3.8) is 0 Å². The summed E-state index contributed by atoms with van der Waals surface area (Å²) < 4.78 is 1.98. The molecule has 6 heteroatoms. The highest BCUT2D eigenvalue weighted by molar-refractivity contribution is 6.35. The summed E-state index contributed by atoms with van der Waals surface area (Å²) in [5.74, 6) is 0.988. The molecule has 2 aliphatic carbocycles. The fourth-order valence-corrected chi connectivity index (χ4v) is 5.92. The third kappa shape index (κ3) is 2.59. The Balaban J connectivity index is 1.31. The molecule has 2 fully saturated rings. The van der Waals surface area contributed by atoms with E-state index in [0.717, 1.165) is 53.7 Å². The van der Waals surface area contributed by atoms with E-state index in [0.29, 0.717) is 17.3 Å². The summed E-state index contributed by atoms with van der Waals surface area (Å²) in [6.07, 6.45) is 9.31. The van der Waals surface area contributed by atoms with E-state index >= 15 is 0 Å². The van der Waals surface area contributed by atoms with E-state index in [1.54, 1.807) is 0 Å². The molecule has 7 rings (SSSR count). The third-order valence-electron chi connectivity index (χ3n) is 7.56. The quantitative estimate of drug-likeness (QED) is 0.685. The first-order chi connectivity index (χ1) is 15.6. The first kappa shape index (κ1) is 18.3. The maximum Gasteiger partial charge on any atom is 0.191 e. The minimum atomic E-state index is 0.0970. The van der Waals surface area contributed by atoms with Crippen LogP contribution in [0.15, 0.2) is 42.2 Å². The van der Waals surface area contributed by atoms with E-state index in [1.807, 2.05) is 36.7 Å². The van der Waals surface area contributed by atoms with Crippen LogP contribution in [-0.4, -0.2) is 45.8 Å². The second kappa shape index (κ2) is 6.39. The molecule has 2 aliphatic heterocycles. The predicted octanol–water partition coefficient (Wildman–Crippen LogP) is 3.29. The van der Waals surface area contributed by atoms with Gasteiger partial charge in [-0.3, -0.25) is 9.78 Å². The van der Waals surface area contributed by atoms with Gasteiger partial charge in [0.25, 0.3) is 0 Å². The molecule has 4 heterocycles. The van der Waals surface area contributed by atoms with Crippen LogP contribution in [0.25, 0.3) is 17.3 Å². The number of Topliss-reactive ketones (excluding diaryl/α,β-unsaturated/α-hetero) is 1. The number of aromatic nitrogens is 3. The Morgan fingerprint density at radius 3 is 2.94 bits per heavy atom. The lowest BCUT2D eigenvalue weighted by Gasteiger charge is -2.26. The van der Waals surface area contributed by atoms with Gasteiger partial charge in [0.2, 0.25) is 0 Å². The molecule has 2 saturated heterocycles. The number of carbonyl (C=O) groups excluding carboxylic acids is 1. The molecule has 1 N–H and O–H groups in total. The monoisotopic (exact) mass is 423 g/mol. The van der Waals surface area contributed by atoms with Crippen molar-refractivity contribution in [1.82, 2.24) is 19.7 Å². The highest BCUT2D eigenvalue weighted by Gasteiger charge is 2.40. The van der Waals surface area contributed by atoms with Gasteiger partial charge < -0.3 is 14.6 Å². The molecule has 3 aromatic rings. The molecule has 4 aliphatic rings. The number of fused-ring (bicyclic) bond motifs is 5. The number of hydrogen-bond acceptors (Lipinski definition) is 5. The number of benzene rings is 1. The maximum absolute atomic E-state index is 13.4. The number of imidazole rings is 1. The average Bonchev–Trinajstić information content (AvgIpc) is 3.07. The van der Waals surface area contributed by atoms with Gasteiger partial charge >= 0.3 is 0 Å². The van der Waals surface area contributed by atoms with Crippen LogP contribution in [0.1, 0.15) is 40.5 Å². The largest absolute Gasteiger partial charge is 0.367 e. The van der Waals surface area contributed by atoms with Crippen LogP contribution in [0.2, 0.25) is 0 Å². The zero-order valence-corrected chi connectivity index (χ0v) is 18.3. The summed E-state index contributed by atoms with van der Waals surface area (Å²) in [5, 5.41) is 3.54. The van der Waals surface area contributed by atoms with Crippen molar-refractivity contribution in [3.05, 3.63) is 70.5 Å². The van der Waals surface area contributed by atoms with Crippen molar-refractivity contribution in [2.75, 3.05) is 24.5 Å². The Morgan fingerprint density at radius 1 is 1.12 bits per heavy atom. The summed E-state index contributed by atoms with van der Waals surface area (Å²) >= 11 is 0. The first-order valence-corrected chi connectivity index (χ1v) is 11.5. The van der Waals surface area contributed by atoms with Crippen molar-refractivity contribution in [3.8, 4) is 0 Å². The van der Waals surface area contributed by atoms with Gasteiger partial charge in [-0.1, -0.05) is 12.1 Å². The number of nitrogens with zero attached hydrogens (tertiary/aromatic N) is 4. The fraction of sp³-hybridized carbons (Fsp3) is 0.346. The van der Waals surface area contributed by atoms with Gasteiger partial charge in [0.05, 0.1) is 22.7 Å². The number of nitrogens with one attached hydrogen (secondary N) is 1. The van der Waals surface area contributed by atoms with E-state index < -0.39 is 0 Å². The Bertz CT molecular complexity index is 1380. The number of rotatable bonds is 2. The minimum absolute atomic E-state index is 0.0970. The molecular weight excluding hydrogens is 398 g/mol. The second-order valence-electron chi connectivity index (χ2n) is 9.59. The number of anilines is 1. The lowest BCUT2D eigenvalue weighted by molar-refractivity contribution is -0.110. The molecule has 0 radical (unpaired) electrons. The van der Waals surface area contributed by atoms with Crippen molar-refractivity contribution < 1.29 is 4.79 Å². The van der Waals surface area contributed by atoms with E-state index in [9.17, 15) is 4.79 Å². The second-order valence-corrected chi connectivity index (χ2v) is 9.59. The predicted molar refractivity (Wildman–Crippen MR) is 125 cm³/mol. The van der Waals surface area contributed by atoms with Crippen LogP contribution in [-0.2, 0) is 4.79 Å². The van der Waals surface area contributed by atoms with Gasteiger partial charge in [0, 0.05) is 55.2 Å².